The molecule has 6 heterocycles. The van der Waals surface area contributed by atoms with Gasteiger partial charge in [0.05, 0.1) is 16.8 Å². The van der Waals surface area contributed by atoms with Crippen LogP contribution in [0.3, 0.4) is 0 Å². The predicted molar refractivity (Wildman–Crippen MR) is 158 cm³/mol. The lowest BCUT2D eigenvalue weighted by Crippen LogP contribution is -2.26. The molecule has 0 saturated heterocycles. The third-order valence-corrected chi connectivity index (χ3v) is 5.84. The molecule has 0 aliphatic carbocycles. The molecule has 0 saturated carbocycles. The van der Waals surface area contributed by atoms with Gasteiger partial charge in [-0.05, 0) is 45.0 Å². The lowest BCUT2D eigenvalue weighted by Gasteiger charge is -2.17. The van der Waals surface area contributed by atoms with Crippen LogP contribution in [0.15, 0.2) is 41.4 Å². The first-order valence-electron chi connectivity index (χ1n) is 10.9. The van der Waals surface area contributed by atoms with E-state index in [4.69, 9.17) is 14.2 Å². The Bertz CT molecular complexity index is 1190. The molecule has 6 rings (SSSR count). The van der Waals surface area contributed by atoms with Crippen LogP contribution in [0.1, 0.15) is 46.8 Å². The number of aromatic nitrogens is 3. The number of hydrogen-bond donors (Lipinski definition) is 2. The lowest BCUT2D eigenvalue weighted by atomic mass is 10.3. The molecule has 0 bridgehead atoms. The van der Waals surface area contributed by atoms with Gasteiger partial charge in [-0.3, -0.25) is 14.6 Å². The molecular weight excluding hydrogens is 518 g/mol. The summed E-state index contributed by atoms with van der Waals surface area (Å²) < 4.78 is 15.7. The Labute approximate surface area is 236 Å². The number of nitrogens with zero attached hydrogens (tertiary/aromatic N) is 3. The van der Waals surface area contributed by atoms with Crippen LogP contribution in [-0.2, 0) is 9.59 Å². The number of amides is 2. The Morgan fingerprint density at radius 1 is 0.718 bits per heavy atom. The fraction of sp³-hybridized carbons (Fsp3) is 0.393. The minimum absolute atomic E-state index is 0. The Morgan fingerprint density at radius 2 is 1.33 bits per heavy atom. The zero-order chi connectivity index (χ0) is 24.8. The molecule has 3 aromatic rings. The number of hydrogen-bond acceptors (Lipinski definition) is 9. The first-order chi connectivity index (χ1) is 16.9. The molecule has 0 spiro atoms. The third kappa shape index (κ3) is 9.75. The van der Waals surface area contributed by atoms with Crippen molar-refractivity contribution in [2.24, 2.45) is 0 Å². The number of ether oxygens (including phenoxy) is 3. The van der Waals surface area contributed by atoms with Crippen molar-refractivity contribution < 1.29 is 23.8 Å². The molecule has 0 aromatic carbocycles. The van der Waals surface area contributed by atoms with Crippen molar-refractivity contribution in [3.05, 3.63) is 53.6 Å². The van der Waals surface area contributed by atoms with Gasteiger partial charge in [0, 0.05) is 23.1 Å². The normalized spacial score (nSPS) is 13.3. The van der Waals surface area contributed by atoms with Crippen molar-refractivity contribution in [1.82, 2.24) is 15.0 Å². The molecule has 3 aliphatic heterocycles. The zero-order valence-electron chi connectivity index (χ0n) is 19.6. The summed E-state index contributed by atoms with van der Waals surface area (Å²) in [6.07, 6.45) is 1.70. The lowest BCUT2D eigenvalue weighted by molar-refractivity contribution is -0.118. The van der Waals surface area contributed by atoms with Gasteiger partial charge in [0.25, 0.3) is 5.91 Å². The number of pyridine rings is 3. The van der Waals surface area contributed by atoms with Gasteiger partial charge in [0.2, 0.25) is 5.91 Å². The van der Waals surface area contributed by atoms with E-state index in [2.05, 4.69) is 25.6 Å². The summed E-state index contributed by atoms with van der Waals surface area (Å²) in [6.45, 7) is 7.04. The molecule has 0 fully saturated rings. The van der Waals surface area contributed by atoms with E-state index in [1.54, 1.807) is 12.3 Å². The topological polar surface area (TPSA) is 125 Å². The second-order valence-corrected chi connectivity index (χ2v) is 8.76. The first kappa shape index (κ1) is 35.1. The van der Waals surface area contributed by atoms with Crippen LogP contribution in [0.5, 0.6) is 17.2 Å². The smallest absolute Gasteiger partial charge is 0.263 e. The highest BCUT2D eigenvalue weighted by Gasteiger charge is 2.17. The highest BCUT2D eigenvalue weighted by molar-refractivity contribution is 8.00. The van der Waals surface area contributed by atoms with Gasteiger partial charge in [-0.2, -0.15) is 0 Å². The van der Waals surface area contributed by atoms with Crippen LogP contribution in [0.25, 0.3) is 0 Å². The number of thioether (sulfide) groups is 1. The molecule has 214 valence electrons. The second kappa shape index (κ2) is 16.2. The number of aryl methyl sites for hydroxylation is 3. The number of anilines is 2. The van der Waals surface area contributed by atoms with Crippen LogP contribution in [0.2, 0.25) is 0 Å². The molecular formula is C28H41N5O5S. The van der Waals surface area contributed by atoms with Gasteiger partial charge in [0.15, 0.2) is 29.7 Å². The molecule has 0 unspecified atom stereocenters. The monoisotopic (exact) mass is 559 g/mol. The van der Waals surface area contributed by atoms with Gasteiger partial charge in [-0.1, -0.05) is 29.7 Å². The molecule has 2 N–H and O–H groups in total. The zero-order valence-corrected chi connectivity index (χ0v) is 20.4. The second-order valence-electron chi connectivity index (χ2n) is 7.74. The quantitative estimate of drug-likeness (QED) is 0.348. The number of nitrogens with one attached hydrogen (secondary N) is 2. The maximum atomic E-state index is 11.0. The fourth-order valence-corrected chi connectivity index (χ4v) is 3.93. The molecule has 3 aliphatic rings. The van der Waals surface area contributed by atoms with E-state index in [1.165, 1.54) is 11.8 Å². The summed E-state index contributed by atoms with van der Waals surface area (Å²) >= 11 is 1.53. The van der Waals surface area contributed by atoms with Crippen molar-refractivity contribution in [2.45, 2.75) is 55.4 Å². The van der Waals surface area contributed by atoms with Gasteiger partial charge >= 0.3 is 0 Å². The van der Waals surface area contributed by atoms with Crippen molar-refractivity contribution in [1.29, 1.82) is 0 Å². The first-order valence-corrected chi connectivity index (χ1v) is 11.9. The summed E-state index contributed by atoms with van der Waals surface area (Å²) in [6, 6.07) is 9.47. The van der Waals surface area contributed by atoms with Gasteiger partial charge in [-0.25, -0.2) is 9.97 Å². The number of rotatable bonds is 0. The highest BCUT2D eigenvalue weighted by Crippen LogP contribution is 2.30. The molecule has 3 aromatic heterocycles. The maximum absolute atomic E-state index is 11.0. The number of carbonyl (C=O) groups excluding carboxylic acids is 2. The average molecular weight is 560 g/mol. The van der Waals surface area contributed by atoms with E-state index in [0.717, 1.165) is 33.5 Å². The van der Waals surface area contributed by atoms with Crippen LogP contribution in [-0.4, -0.2) is 52.3 Å². The van der Waals surface area contributed by atoms with Crippen molar-refractivity contribution in [2.75, 3.05) is 36.2 Å². The Morgan fingerprint density at radius 3 is 2.05 bits per heavy atom. The van der Waals surface area contributed by atoms with E-state index < -0.39 is 0 Å². The highest BCUT2D eigenvalue weighted by atomic mass is 32.2. The van der Waals surface area contributed by atoms with E-state index in [-0.39, 0.29) is 48.1 Å². The Kier molecular flexibility index (Phi) is 14.6. The summed E-state index contributed by atoms with van der Waals surface area (Å²) in [5.41, 5.74) is 2.74. The Balaban J connectivity index is 0.000000529. The van der Waals surface area contributed by atoms with E-state index in [9.17, 15) is 9.59 Å². The van der Waals surface area contributed by atoms with Gasteiger partial charge in [0.1, 0.15) is 19.0 Å². The standard InChI is InChI=1S/C8H8N2O2.C8H8N2OS.C8H9NO2.4CH4/c2*1-5-2-3-6-8(9-5)10-7(11)4-12-6;1-6-4-7-8(5-9-6)11-3-2-10-7;;;;/h2*2-3H,4H2,1H3,(H,9,10,11);4-5H,2-3H2,1H3;4*1H4. The van der Waals surface area contributed by atoms with Crippen LogP contribution in [0.4, 0.5) is 11.6 Å². The summed E-state index contributed by atoms with van der Waals surface area (Å²) in [4.78, 5) is 35.3. The SMILES string of the molecule is C.C.C.C.Cc1cc2c(cn1)OCCO2.Cc1ccc2c(n1)NC(=O)CO2.Cc1ccc2c(n1)NC(=O)CS2. The van der Waals surface area contributed by atoms with E-state index >= 15 is 0 Å². The number of carbonyl (C=O) groups is 2. The molecule has 39 heavy (non-hydrogen) atoms. The van der Waals surface area contributed by atoms with E-state index in [0.29, 0.717) is 36.4 Å². The molecule has 2 amide bonds. The number of fused-ring (bicyclic) bond motifs is 3. The Hall–Kier alpha value is -3.86. The third-order valence-electron chi connectivity index (χ3n) is 4.79. The minimum Gasteiger partial charge on any atom is -0.486 e. The maximum Gasteiger partial charge on any atom is 0.263 e. The fourth-order valence-electron chi connectivity index (χ4n) is 3.17. The van der Waals surface area contributed by atoms with Gasteiger partial charge < -0.3 is 24.8 Å². The predicted octanol–water partition coefficient (Wildman–Crippen LogP) is 5.86. The summed E-state index contributed by atoms with van der Waals surface area (Å²) in [5, 5.41) is 5.36. The molecule has 10 nitrogen and oxygen atoms in total. The summed E-state index contributed by atoms with van der Waals surface area (Å²) in [7, 11) is 0. The summed E-state index contributed by atoms with van der Waals surface area (Å²) in [5.74, 6) is 3.80. The molecule has 0 radical (unpaired) electrons. The molecule has 0 atom stereocenters. The van der Waals surface area contributed by atoms with Crippen molar-refractivity contribution >= 4 is 35.2 Å². The minimum atomic E-state index is -0.152. The van der Waals surface area contributed by atoms with Crippen LogP contribution < -0.4 is 24.8 Å². The van der Waals surface area contributed by atoms with E-state index in [1.807, 2.05) is 45.0 Å². The molecule has 11 heteroatoms. The van der Waals surface area contributed by atoms with Gasteiger partial charge in [-0.15, -0.1) is 11.8 Å². The van der Waals surface area contributed by atoms with Crippen molar-refractivity contribution in [3.8, 4) is 17.2 Å². The largest absolute Gasteiger partial charge is 0.486 e. The van der Waals surface area contributed by atoms with Crippen LogP contribution >= 0.6 is 11.8 Å². The van der Waals surface area contributed by atoms with Crippen molar-refractivity contribution in [3.63, 3.8) is 0 Å². The average Bonchev–Trinajstić information content (AvgIpc) is 2.84. The van der Waals surface area contributed by atoms with Crippen LogP contribution in [0, 0.1) is 20.8 Å².